The summed E-state index contributed by atoms with van der Waals surface area (Å²) < 4.78 is 11.5. The van der Waals surface area contributed by atoms with Crippen molar-refractivity contribution >= 4 is 0 Å². The molecular formula is C14H22O2. The minimum absolute atomic E-state index is 0.0252. The zero-order valence-corrected chi connectivity index (χ0v) is 10.4. The van der Waals surface area contributed by atoms with Gasteiger partial charge in [0.25, 0.3) is 0 Å². The van der Waals surface area contributed by atoms with E-state index in [0.717, 1.165) is 32.3 Å². The first-order valence-electron chi connectivity index (χ1n) is 6.26. The molecular weight excluding hydrogens is 200 g/mol. The maximum absolute atomic E-state index is 6.01. The highest BCUT2D eigenvalue weighted by Crippen LogP contribution is 2.32. The van der Waals surface area contributed by atoms with E-state index in [1.54, 1.807) is 0 Å². The highest BCUT2D eigenvalue weighted by molar-refractivity contribution is 5.15. The van der Waals surface area contributed by atoms with Gasteiger partial charge >= 0.3 is 0 Å². The van der Waals surface area contributed by atoms with Crippen LogP contribution in [0.25, 0.3) is 0 Å². The van der Waals surface area contributed by atoms with Crippen molar-refractivity contribution in [1.82, 2.24) is 0 Å². The fraction of sp³-hybridized carbons (Fsp3) is 0.714. The predicted molar refractivity (Wildman–Crippen MR) is 65.1 cm³/mol. The number of rotatable bonds is 3. The molecule has 3 atom stereocenters. The van der Waals surface area contributed by atoms with E-state index in [1.165, 1.54) is 11.1 Å². The molecule has 2 nitrogen and oxygen atoms in total. The Morgan fingerprint density at radius 3 is 3.00 bits per heavy atom. The SMILES string of the molecule is C=C(C)[C@H]1CC=C(C)[C@@H](O[C@H]2CCCO2)C1. The second-order valence-electron chi connectivity index (χ2n) is 5.03. The third-order valence-electron chi connectivity index (χ3n) is 3.63. The van der Waals surface area contributed by atoms with Crippen molar-refractivity contribution in [3.05, 3.63) is 23.8 Å². The molecule has 1 fully saturated rings. The number of allylic oxidation sites excluding steroid dienone is 2. The molecule has 0 radical (unpaired) electrons. The van der Waals surface area contributed by atoms with E-state index in [1.807, 2.05) is 0 Å². The normalized spacial score (nSPS) is 34.9. The number of ether oxygens (including phenoxy) is 2. The predicted octanol–water partition coefficient (Wildman–Crippen LogP) is 3.44. The van der Waals surface area contributed by atoms with Crippen LogP contribution in [0.5, 0.6) is 0 Å². The molecule has 1 saturated heterocycles. The van der Waals surface area contributed by atoms with Crippen LogP contribution in [0.3, 0.4) is 0 Å². The largest absolute Gasteiger partial charge is 0.353 e. The van der Waals surface area contributed by atoms with Crippen LogP contribution in [-0.4, -0.2) is 19.0 Å². The summed E-state index contributed by atoms with van der Waals surface area (Å²) in [7, 11) is 0. The van der Waals surface area contributed by atoms with Gasteiger partial charge in [0.15, 0.2) is 6.29 Å². The lowest BCUT2D eigenvalue weighted by Crippen LogP contribution is -2.28. The summed E-state index contributed by atoms with van der Waals surface area (Å²) in [5, 5.41) is 0. The van der Waals surface area contributed by atoms with E-state index in [2.05, 4.69) is 26.5 Å². The molecule has 2 rings (SSSR count). The van der Waals surface area contributed by atoms with Crippen molar-refractivity contribution in [3.63, 3.8) is 0 Å². The van der Waals surface area contributed by atoms with Crippen molar-refractivity contribution < 1.29 is 9.47 Å². The molecule has 0 unspecified atom stereocenters. The fourth-order valence-electron chi connectivity index (χ4n) is 2.40. The van der Waals surface area contributed by atoms with Gasteiger partial charge in [0, 0.05) is 13.0 Å². The van der Waals surface area contributed by atoms with Gasteiger partial charge in [0.05, 0.1) is 6.10 Å². The Balaban J connectivity index is 1.94. The van der Waals surface area contributed by atoms with Crippen molar-refractivity contribution in [2.45, 2.75) is 51.9 Å². The van der Waals surface area contributed by atoms with E-state index in [4.69, 9.17) is 9.47 Å². The Hall–Kier alpha value is -0.600. The van der Waals surface area contributed by atoms with E-state index in [0.29, 0.717) is 5.92 Å². The molecule has 0 aromatic rings. The summed E-state index contributed by atoms with van der Waals surface area (Å²) in [5.74, 6) is 0.579. The van der Waals surface area contributed by atoms with Crippen LogP contribution < -0.4 is 0 Å². The molecule has 0 saturated carbocycles. The molecule has 1 aliphatic carbocycles. The summed E-state index contributed by atoms with van der Waals surface area (Å²) in [6.07, 6.45) is 6.91. The summed E-state index contributed by atoms with van der Waals surface area (Å²) in [6.45, 7) is 9.18. The first-order chi connectivity index (χ1) is 7.66. The van der Waals surface area contributed by atoms with Crippen LogP contribution >= 0.6 is 0 Å². The molecule has 1 heterocycles. The zero-order chi connectivity index (χ0) is 11.5. The molecule has 0 aromatic carbocycles. The van der Waals surface area contributed by atoms with Gasteiger partial charge in [0.2, 0.25) is 0 Å². The average Bonchev–Trinajstić information content (AvgIpc) is 2.73. The van der Waals surface area contributed by atoms with Gasteiger partial charge in [-0.3, -0.25) is 0 Å². The van der Waals surface area contributed by atoms with Gasteiger partial charge in [-0.25, -0.2) is 0 Å². The van der Waals surface area contributed by atoms with Crippen LogP contribution in [0, 0.1) is 5.92 Å². The molecule has 16 heavy (non-hydrogen) atoms. The van der Waals surface area contributed by atoms with Crippen LogP contribution in [0.4, 0.5) is 0 Å². The Kier molecular flexibility index (Phi) is 3.82. The van der Waals surface area contributed by atoms with Gasteiger partial charge in [-0.2, -0.15) is 0 Å². The van der Waals surface area contributed by atoms with E-state index >= 15 is 0 Å². The third kappa shape index (κ3) is 2.74. The molecule has 0 aromatic heterocycles. The summed E-state index contributed by atoms with van der Waals surface area (Å²) in [4.78, 5) is 0. The van der Waals surface area contributed by atoms with E-state index < -0.39 is 0 Å². The van der Waals surface area contributed by atoms with Crippen molar-refractivity contribution in [1.29, 1.82) is 0 Å². The molecule has 1 aliphatic heterocycles. The molecule has 0 amide bonds. The number of hydrogen-bond acceptors (Lipinski definition) is 2. The van der Waals surface area contributed by atoms with E-state index in [9.17, 15) is 0 Å². The Morgan fingerprint density at radius 2 is 2.38 bits per heavy atom. The van der Waals surface area contributed by atoms with Crippen LogP contribution in [-0.2, 0) is 9.47 Å². The summed E-state index contributed by atoms with van der Waals surface area (Å²) in [6, 6.07) is 0. The Labute approximate surface area is 98.3 Å². The fourth-order valence-corrected chi connectivity index (χ4v) is 2.40. The molecule has 2 aliphatic rings. The van der Waals surface area contributed by atoms with Gasteiger partial charge in [-0.1, -0.05) is 18.2 Å². The molecule has 2 heteroatoms. The molecule has 90 valence electrons. The van der Waals surface area contributed by atoms with Crippen LogP contribution in [0.15, 0.2) is 23.8 Å². The van der Waals surface area contributed by atoms with Gasteiger partial charge < -0.3 is 9.47 Å². The summed E-state index contributed by atoms with van der Waals surface area (Å²) >= 11 is 0. The highest BCUT2D eigenvalue weighted by atomic mass is 16.7. The first kappa shape index (κ1) is 11.9. The van der Waals surface area contributed by atoms with Gasteiger partial charge in [-0.05, 0) is 44.6 Å². The summed E-state index contributed by atoms with van der Waals surface area (Å²) in [5.41, 5.74) is 2.62. The quantitative estimate of drug-likeness (QED) is 0.681. The van der Waals surface area contributed by atoms with Crippen molar-refractivity contribution in [3.8, 4) is 0 Å². The second-order valence-corrected chi connectivity index (χ2v) is 5.03. The third-order valence-corrected chi connectivity index (χ3v) is 3.63. The second kappa shape index (κ2) is 5.15. The first-order valence-corrected chi connectivity index (χ1v) is 6.26. The van der Waals surface area contributed by atoms with Crippen molar-refractivity contribution in [2.75, 3.05) is 6.61 Å². The van der Waals surface area contributed by atoms with Crippen molar-refractivity contribution in [2.24, 2.45) is 5.92 Å². The maximum Gasteiger partial charge on any atom is 0.158 e. The lowest BCUT2D eigenvalue weighted by atomic mass is 9.84. The Bertz CT molecular complexity index is 287. The smallest absolute Gasteiger partial charge is 0.158 e. The molecule has 0 bridgehead atoms. The zero-order valence-electron chi connectivity index (χ0n) is 10.4. The molecule has 0 spiro atoms. The minimum Gasteiger partial charge on any atom is -0.353 e. The monoisotopic (exact) mass is 222 g/mol. The van der Waals surface area contributed by atoms with Crippen LogP contribution in [0.2, 0.25) is 0 Å². The highest BCUT2D eigenvalue weighted by Gasteiger charge is 2.27. The Morgan fingerprint density at radius 1 is 1.56 bits per heavy atom. The van der Waals surface area contributed by atoms with E-state index in [-0.39, 0.29) is 12.4 Å². The molecule has 0 N–H and O–H groups in total. The lowest BCUT2D eigenvalue weighted by molar-refractivity contribution is -0.138. The number of hydrogen-bond donors (Lipinski definition) is 0. The van der Waals surface area contributed by atoms with Gasteiger partial charge in [-0.15, -0.1) is 0 Å². The average molecular weight is 222 g/mol. The maximum atomic E-state index is 6.01. The topological polar surface area (TPSA) is 18.5 Å². The standard InChI is InChI=1S/C14H22O2/c1-10(2)12-7-6-11(3)13(9-12)16-14-5-4-8-15-14/h6,12-14H,1,4-5,7-9H2,2-3H3/t12-,13-,14-/m0/s1. The van der Waals surface area contributed by atoms with Crippen LogP contribution in [0.1, 0.15) is 39.5 Å². The van der Waals surface area contributed by atoms with Gasteiger partial charge in [0.1, 0.15) is 0 Å². The lowest BCUT2D eigenvalue weighted by Gasteiger charge is -2.30. The minimum atomic E-state index is 0.0252.